The summed E-state index contributed by atoms with van der Waals surface area (Å²) in [4.78, 5) is 4.31. The maximum absolute atomic E-state index is 5.69. The summed E-state index contributed by atoms with van der Waals surface area (Å²) in [6.45, 7) is 5.28. The van der Waals surface area contributed by atoms with Crippen molar-refractivity contribution in [1.82, 2.24) is 4.98 Å². The summed E-state index contributed by atoms with van der Waals surface area (Å²) in [5.74, 6) is 1.53. The quantitative estimate of drug-likeness (QED) is 0.650. The fraction of sp³-hybridized carbons (Fsp3) is 0.286. The number of rotatable bonds is 6. The third-order valence-electron chi connectivity index (χ3n) is 4.34. The van der Waals surface area contributed by atoms with Gasteiger partial charge in [0.15, 0.2) is 0 Å². The van der Waals surface area contributed by atoms with Gasteiger partial charge in [-0.05, 0) is 54.1 Å². The van der Waals surface area contributed by atoms with Crippen LogP contribution in [-0.4, -0.2) is 25.8 Å². The molecule has 0 saturated heterocycles. The topological polar surface area (TPSA) is 40.6 Å². The van der Waals surface area contributed by atoms with E-state index in [0.29, 0.717) is 13.2 Å². The summed E-state index contributed by atoms with van der Waals surface area (Å²) in [6, 6.07) is 10.3. The Bertz CT molecular complexity index is 864. The highest BCUT2D eigenvalue weighted by Crippen LogP contribution is 2.43. The number of ether oxygens (including phenoxy) is 3. The molecule has 1 aromatic heterocycles. The number of benzene rings is 2. The van der Waals surface area contributed by atoms with Crippen LogP contribution in [0, 0.1) is 6.92 Å². The highest BCUT2D eigenvalue weighted by molar-refractivity contribution is 6.00. The van der Waals surface area contributed by atoms with Crippen LogP contribution in [0.3, 0.4) is 0 Å². The average Bonchev–Trinajstić information content (AvgIpc) is 2.66. The Balaban J connectivity index is 2.25. The summed E-state index contributed by atoms with van der Waals surface area (Å²) in [6.07, 6.45) is 3.71. The van der Waals surface area contributed by atoms with Crippen LogP contribution >= 0.6 is 0 Å². The molecule has 0 N–H and O–H groups in total. The van der Waals surface area contributed by atoms with Gasteiger partial charge in [-0.3, -0.25) is 4.98 Å². The molecule has 0 atom stereocenters. The minimum absolute atomic E-state index is 0.527. The van der Waals surface area contributed by atoms with E-state index in [1.807, 2.05) is 37.5 Å². The molecule has 0 amide bonds. The predicted molar refractivity (Wildman–Crippen MR) is 100 cm³/mol. The van der Waals surface area contributed by atoms with Crippen LogP contribution in [0.1, 0.15) is 18.1 Å². The van der Waals surface area contributed by atoms with E-state index in [1.54, 1.807) is 14.2 Å². The molecule has 3 rings (SSSR count). The maximum Gasteiger partial charge on any atom is 0.130 e. The standard InChI is InChI=1S/C21H23NO3/c1-5-25-13-15-10-19(23-3)21(20(11-15)24-4)17-7-6-14(2)16-8-9-22-12-18(16)17/h6-12H,5,13H2,1-4H3. The average molecular weight is 337 g/mol. The number of aromatic nitrogens is 1. The number of hydrogen-bond donors (Lipinski definition) is 0. The number of nitrogens with zero attached hydrogens (tertiary/aromatic N) is 1. The van der Waals surface area contributed by atoms with Crippen molar-refractivity contribution in [2.24, 2.45) is 0 Å². The minimum atomic E-state index is 0.527. The fourth-order valence-corrected chi connectivity index (χ4v) is 3.09. The summed E-state index contributed by atoms with van der Waals surface area (Å²) >= 11 is 0. The molecule has 0 bridgehead atoms. The highest BCUT2D eigenvalue weighted by Gasteiger charge is 2.17. The van der Waals surface area contributed by atoms with Crippen LogP contribution in [0.2, 0.25) is 0 Å². The van der Waals surface area contributed by atoms with Crippen molar-refractivity contribution in [2.75, 3.05) is 20.8 Å². The number of pyridine rings is 1. The van der Waals surface area contributed by atoms with E-state index < -0.39 is 0 Å². The normalized spacial score (nSPS) is 10.9. The van der Waals surface area contributed by atoms with E-state index in [0.717, 1.165) is 33.6 Å². The van der Waals surface area contributed by atoms with E-state index in [-0.39, 0.29) is 0 Å². The van der Waals surface area contributed by atoms with Crippen molar-refractivity contribution in [3.8, 4) is 22.6 Å². The van der Waals surface area contributed by atoms with Crippen LogP contribution in [0.4, 0.5) is 0 Å². The summed E-state index contributed by atoms with van der Waals surface area (Å²) in [5.41, 5.74) is 4.22. The summed E-state index contributed by atoms with van der Waals surface area (Å²) < 4.78 is 16.9. The number of hydrogen-bond acceptors (Lipinski definition) is 4. The van der Waals surface area contributed by atoms with Crippen LogP contribution in [0.15, 0.2) is 42.7 Å². The molecule has 0 aliphatic heterocycles. The van der Waals surface area contributed by atoms with Crippen molar-refractivity contribution < 1.29 is 14.2 Å². The molecule has 2 aromatic carbocycles. The first kappa shape index (κ1) is 17.2. The van der Waals surface area contributed by atoms with Gasteiger partial charge in [-0.2, -0.15) is 0 Å². The van der Waals surface area contributed by atoms with Crippen LogP contribution in [0.25, 0.3) is 21.9 Å². The molecule has 4 nitrogen and oxygen atoms in total. The van der Waals surface area contributed by atoms with Gasteiger partial charge in [0, 0.05) is 24.4 Å². The van der Waals surface area contributed by atoms with Crippen molar-refractivity contribution >= 4 is 10.8 Å². The SMILES string of the molecule is CCOCc1cc(OC)c(-c2ccc(C)c3ccncc23)c(OC)c1. The van der Waals surface area contributed by atoms with Gasteiger partial charge in [-0.25, -0.2) is 0 Å². The van der Waals surface area contributed by atoms with Gasteiger partial charge >= 0.3 is 0 Å². The van der Waals surface area contributed by atoms with Crippen LogP contribution in [-0.2, 0) is 11.3 Å². The molecule has 0 spiro atoms. The molecule has 0 aliphatic rings. The van der Waals surface area contributed by atoms with Crippen LogP contribution in [0.5, 0.6) is 11.5 Å². The first-order chi connectivity index (χ1) is 12.2. The Labute approximate surface area is 148 Å². The van der Waals surface area contributed by atoms with Crippen molar-refractivity contribution in [1.29, 1.82) is 0 Å². The Morgan fingerprint density at radius 1 is 0.960 bits per heavy atom. The first-order valence-electron chi connectivity index (χ1n) is 8.36. The van der Waals surface area contributed by atoms with E-state index >= 15 is 0 Å². The van der Waals surface area contributed by atoms with Gasteiger partial charge in [-0.15, -0.1) is 0 Å². The second-order valence-electron chi connectivity index (χ2n) is 5.86. The zero-order valence-electron chi connectivity index (χ0n) is 15.1. The predicted octanol–water partition coefficient (Wildman–Crippen LogP) is 4.76. The van der Waals surface area contributed by atoms with E-state index in [1.165, 1.54) is 10.9 Å². The Hall–Kier alpha value is -2.59. The number of methoxy groups -OCH3 is 2. The lowest BCUT2D eigenvalue weighted by Crippen LogP contribution is -1.99. The molecular weight excluding hydrogens is 314 g/mol. The molecule has 0 radical (unpaired) electrons. The lowest BCUT2D eigenvalue weighted by molar-refractivity contribution is 0.133. The number of aryl methyl sites for hydroxylation is 1. The largest absolute Gasteiger partial charge is 0.496 e. The molecule has 0 fully saturated rings. The third-order valence-corrected chi connectivity index (χ3v) is 4.34. The molecule has 0 saturated carbocycles. The van der Waals surface area contributed by atoms with Gasteiger partial charge in [0.25, 0.3) is 0 Å². The molecule has 3 aromatic rings. The molecule has 4 heteroatoms. The second kappa shape index (κ2) is 7.53. The first-order valence-corrected chi connectivity index (χ1v) is 8.36. The van der Waals surface area contributed by atoms with Gasteiger partial charge in [0.05, 0.1) is 26.4 Å². The molecule has 1 heterocycles. The Kier molecular flexibility index (Phi) is 5.19. The zero-order valence-corrected chi connectivity index (χ0v) is 15.1. The van der Waals surface area contributed by atoms with E-state index in [9.17, 15) is 0 Å². The molecule has 0 aliphatic carbocycles. The highest BCUT2D eigenvalue weighted by atomic mass is 16.5. The van der Waals surface area contributed by atoms with E-state index in [4.69, 9.17) is 14.2 Å². The molecule has 0 unspecified atom stereocenters. The molecular formula is C21H23NO3. The summed E-state index contributed by atoms with van der Waals surface area (Å²) in [5, 5.41) is 2.26. The Morgan fingerprint density at radius 3 is 2.32 bits per heavy atom. The monoisotopic (exact) mass is 337 g/mol. The smallest absolute Gasteiger partial charge is 0.130 e. The van der Waals surface area contributed by atoms with E-state index in [2.05, 4.69) is 24.0 Å². The van der Waals surface area contributed by atoms with Gasteiger partial charge in [-0.1, -0.05) is 12.1 Å². The number of fused-ring (bicyclic) bond motifs is 1. The minimum Gasteiger partial charge on any atom is -0.496 e. The maximum atomic E-state index is 5.69. The van der Waals surface area contributed by atoms with Gasteiger partial charge < -0.3 is 14.2 Å². The molecule has 25 heavy (non-hydrogen) atoms. The summed E-state index contributed by atoms with van der Waals surface area (Å²) in [7, 11) is 3.36. The van der Waals surface area contributed by atoms with Crippen molar-refractivity contribution in [2.45, 2.75) is 20.5 Å². The second-order valence-corrected chi connectivity index (χ2v) is 5.86. The lowest BCUT2D eigenvalue weighted by Gasteiger charge is -2.17. The fourth-order valence-electron chi connectivity index (χ4n) is 3.09. The lowest BCUT2D eigenvalue weighted by atomic mass is 9.94. The van der Waals surface area contributed by atoms with Crippen molar-refractivity contribution in [3.05, 3.63) is 53.9 Å². The van der Waals surface area contributed by atoms with Crippen molar-refractivity contribution in [3.63, 3.8) is 0 Å². The van der Waals surface area contributed by atoms with Gasteiger partial charge in [0.1, 0.15) is 11.5 Å². The third kappa shape index (κ3) is 3.30. The van der Waals surface area contributed by atoms with Crippen LogP contribution < -0.4 is 9.47 Å². The zero-order chi connectivity index (χ0) is 17.8. The molecule has 130 valence electrons. The Morgan fingerprint density at radius 2 is 1.68 bits per heavy atom. The van der Waals surface area contributed by atoms with Gasteiger partial charge in [0.2, 0.25) is 0 Å².